The fraction of sp³-hybridized carbons (Fsp3) is 0.429. The van der Waals surface area contributed by atoms with E-state index in [0.29, 0.717) is 0 Å². The highest BCUT2D eigenvalue weighted by Crippen LogP contribution is 2.22. The Balaban J connectivity index is 1.64. The van der Waals surface area contributed by atoms with Gasteiger partial charge in [-0.1, -0.05) is 36.4 Å². The molecule has 0 heterocycles. The lowest BCUT2D eigenvalue weighted by molar-refractivity contribution is 0.706. The standard InChI is InChI=1S/C21H27N/c1-19(21-15-9-5-10-16-21)12-6-2-3-11-17-22-18-20-13-7-4-8-14-20/h4,6-8,13-15,17H,2-3,5,9-11,16,18H2,1H3. The number of rotatable bonds is 7. The van der Waals surface area contributed by atoms with Gasteiger partial charge in [-0.2, -0.15) is 0 Å². The third kappa shape index (κ3) is 6.28. The molecular formula is C21H27N. The van der Waals surface area contributed by atoms with Crippen molar-refractivity contribution in [3.63, 3.8) is 0 Å². The Morgan fingerprint density at radius 2 is 2.05 bits per heavy atom. The molecule has 0 spiro atoms. The second-order valence-corrected chi connectivity index (χ2v) is 5.89. The largest absolute Gasteiger partial charge is 0.293 e. The van der Waals surface area contributed by atoms with E-state index in [0.717, 1.165) is 25.8 Å². The van der Waals surface area contributed by atoms with Crippen LogP contribution in [0, 0.1) is 0 Å². The number of hydrogen-bond donors (Lipinski definition) is 0. The zero-order valence-electron chi connectivity index (χ0n) is 13.7. The molecule has 0 saturated heterocycles. The van der Waals surface area contributed by atoms with Gasteiger partial charge in [-0.25, -0.2) is 0 Å². The van der Waals surface area contributed by atoms with Gasteiger partial charge in [0.15, 0.2) is 0 Å². The first-order chi connectivity index (χ1) is 10.9. The van der Waals surface area contributed by atoms with Crippen LogP contribution < -0.4 is 0 Å². The summed E-state index contributed by atoms with van der Waals surface area (Å²) in [7, 11) is 0. The van der Waals surface area contributed by atoms with Crippen molar-refractivity contribution in [2.75, 3.05) is 0 Å². The summed E-state index contributed by atoms with van der Waals surface area (Å²) < 4.78 is 0. The van der Waals surface area contributed by atoms with Crippen molar-refractivity contribution < 1.29 is 0 Å². The summed E-state index contributed by atoms with van der Waals surface area (Å²) in [5.41, 5.74) is 7.56. The second-order valence-electron chi connectivity index (χ2n) is 5.89. The molecule has 0 saturated carbocycles. The van der Waals surface area contributed by atoms with E-state index in [2.05, 4.69) is 60.3 Å². The van der Waals surface area contributed by atoms with Crippen LogP contribution in [0.15, 0.2) is 64.4 Å². The zero-order valence-corrected chi connectivity index (χ0v) is 13.7. The van der Waals surface area contributed by atoms with Gasteiger partial charge in [-0.15, -0.1) is 5.73 Å². The van der Waals surface area contributed by atoms with E-state index >= 15 is 0 Å². The molecule has 0 fully saturated rings. The highest BCUT2D eigenvalue weighted by Gasteiger charge is 2.03. The van der Waals surface area contributed by atoms with Crippen molar-refractivity contribution in [2.24, 2.45) is 4.99 Å². The van der Waals surface area contributed by atoms with Crippen LogP contribution in [0.1, 0.15) is 57.4 Å². The number of allylic oxidation sites excluding steroid dienone is 3. The van der Waals surface area contributed by atoms with Crippen LogP contribution in [0.2, 0.25) is 0 Å². The quantitative estimate of drug-likeness (QED) is 0.330. The molecule has 22 heavy (non-hydrogen) atoms. The van der Waals surface area contributed by atoms with Crippen LogP contribution in [-0.4, -0.2) is 6.21 Å². The van der Waals surface area contributed by atoms with E-state index in [-0.39, 0.29) is 0 Å². The molecular weight excluding hydrogens is 266 g/mol. The maximum Gasteiger partial charge on any atom is 0.0635 e. The number of benzene rings is 1. The highest BCUT2D eigenvalue weighted by atomic mass is 14.7. The monoisotopic (exact) mass is 293 g/mol. The fourth-order valence-corrected chi connectivity index (χ4v) is 2.65. The van der Waals surface area contributed by atoms with Crippen molar-refractivity contribution in [1.82, 2.24) is 0 Å². The molecule has 2 rings (SSSR count). The predicted octanol–water partition coefficient (Wildman–Crippen LogP) is 6.03. The summed E-state index contributed by atoms with van der Waals surface area (Å²) in [6.07, 6.45) is 15.1. The minimum absolute atomic E-state index is 0.795. The molecule has 0 atom stereocenters. The van der Waals surface area contributed by atoms with Crippen molar-refractivity contribution in [3.8, 4) is 0 Å². The molecule has 116 valence electrons. The molecule has 1 nitrogen and oxygen atoms in total. The Morgan fingerprint density at radius 3 is 2.82 bits per heavy atom. The van der Waals surface area contributed by atoms with Gasteiger partial charge in [0, 0.05) is 0 Å². The van der Waals surface area contributed by atoms with E-state index in [1.165, 1.54) is 42.4 Å². The number of hydrogen-bond acceptors (Lipinski definition) is 1. The summed E-state index contributed by atoms with van der Waals surface area (Å²) in [4.78, 5) is 4.47. The Hall–Kier alpha value is -1.85. The van der Waals surface area contributed by atoms with Gasteiger partial charge >= 0.3 is 0 Å². The summed E-state index contributed by atoms with van der Waals surface area (Å²) in [5.74, 6) is 0. The highest BCUT2D eigenvalue weighted by molar-refractivity contribution is 5.57. The van der Waals surface area contributed by atoms with Crippen molar-refractivity contribution >= 4 is 6.21 Å². The molecule has 1 heteroatoms. The van der Waals surface area contributed by atoms with Crippen molar-refractivity contribution in [1.29, 1.82) is 0 Å². The normalized spacial score (nSPS) is 14.5. The molecule has 1 aliphatic carbocycles. The first-order valence-corrected chi connectivity index (χ1v) is 8.49. The van der Waals surface area contributed by atoms with Crippen molar-refractivity contribution in [3.05, 3.63) is 64.9 Å². The maximum atomic E-state index is 4.47. The second kappa shape index (κ2) is 9.97. The SMILES string of the molecule is CC(=C=CCCCC=NCc1ccccc1)C1=CCCCC1. The Labute approximate surface area is 135 Å². The molecule has 1 aromatic carbocycles. The van der Waals surface area contributed by atoms with E-state index in [1.807, 2.05) is 6.07 Å². The van der Waals surface area contributed by atoms with Crippen LogP contribution >= 0.6 is 0 Å². The third-order valence-corrected chi connectivity index (χ3v) is 4.02. The van der Waals surface area contributed by atoms with Gasteiger partial charge in [-0.3, -0.25) is 4.99 Å². The summed E-state index contributed by atoms with van der Waals surface area (Å²) in [6, 6.07) is 10.4. The molecule has 0 N–H and O–H groups in total. The number of aliphatic imine (C=N–C) groups is 1. The van der Waals surface area contributed by atoms with Crippen LogP contribution in [0.25, 0.3) is 0 Å². The summed E-state index contributed by atoms with van der Waals surface area (Å²) in [5, 5.41) is 0. The van der Waals surface area contributed by atoms with Gasteiger partial charge in [0.1, 0.15) is 0 Å². The Bertz CT molecular complexity index is 557. The molecule has 0 aliphatic heterocycles. The number of unbranched alkanes of at least 4 members (excludes halogenated alkanes) is 2. The van der Waals surface area contributed by atoms with E-state index < -0.39 is 0 Å². The first-order valence-electron chi connectivity index (χ1n) is 8.49. The lowest BCUT2D eigenvalue weighted by atomic mass is 9.95. The van der Waals surface area contributed by atoms with Crippen LogP contribution in [0.4, 0.5) is 0 Å². The molecule has 0 amide bonds. The van der Waals surface area contributed by atoms with Gasteiger partial charge in [0.2, 0.25) is 0 Å². The first kappa shape index (κ1) is 16.5. The van der Waals surface area contributed by atoms with Gasteiger partial charge in [0.25, 0.3) is 0 Å². The summed E-state index contributed by atoms with van der Waals surface area (Å²) in [6.45, 7) is 2.98. The summed E-state index contributed by atoms with van der Waals surface area (Å²) >= 11 is 0. The van der Waals surface area contributed by atoms with Gasteiger partial charge in [-0.05, 0) is 80.9 Å². The molecule has 0 radical (unpaired) electrons. The van der Waals surface area contributed by atoms with Crippen LogP contribution in [0.3, 0.4) is 0 Å². The van der Waals surface area contributed by atoms with Crippen LogP contribution in [-0.2, 0) is 6.54 Å². The van der Waals surface area contributed by atoms with E-state index in [4.69, 9.17) is 0 Å². The topological polar surface area (TPSA) is 12.4 Å². The molecule has 1 aliphatic rings. The molecule has 0 aromatic heterocycles. The average molecular weight is 293 g/mol. The lowest BCUT2D eigenvalue weighted by Gasteiger charge is -2.11. The van der Waals surface area contributed by atoms with Crippen molar-refractivity contribution in [2.45, 2.75) is 58.4 Å². The Morgan fingerprint density at radius 1 is 1.18 bits per heavy atom. The number of nitrogens with zero attached hydrogens (tertiary/aromatic N) is 1. The zero-order chi connectivity index (χ0) is 15.5. The lowest BCUT2D eigenvalue weighted by Crippen LogP contribution is -1.92. The van der Waals surface area contributed by atoms with Crippen LogP contribution in [0.5, 0.6) is 0 Å². The average Bonchev–Trinajstić information content (AvgIpc) is 2.59. The third-order valence-electron chi connectivity index (χ3n) is 4.02. The minimum Gasteiger partial charge on any atom is -0.293 e. The van der Waals surface area contributed by atoms with Gasteiger partial charge in [0.05, 0.1) is 6.54 Å². The van der Waals surface area contributed by atoms with E-state index in [1.54, 1.807) is 0 Å². The smallest absolute Gasteiger partial charge is 0.0635 e. The minimum atomic E-state index is 0.795. The fourth-order valence-electron chi connectivity index (χ4n) is 2.65. The molecule has 0 bridgehead atoms. The molecule has 1 aromatic rings. The maximum absolute atomic E-state index is 4.47. The van der Waals surface area contributed by atoms with Gasteiger partial charge < -0.3 is 0 Å². The predicted molar refractivity (Wildman–Crippen MR) is 96.3 cm³/mol. The molecule has 0 unspecified atom stereocenters. The van der Waals surface area contributed by atoms with E-state index in [9.17, 15) is 0 Å². The Kier molecular flexibility index (Phi) is 7.49.